The maximum atomic E-state index is 12.7. The first-order valence-electron chi connectivity index (χ1n) is 21.0. The first kappa shape index (κ1) is 55.3. The Balaban J connectivity index is 0. The molecule has 4 aliphatic carbocycles. The number of amides is 3. The molecule has 1 aromatic rings. The smallest absolute Gasteiger partial charge is 0.410 e. The second-order valence-corrected chi connectivity index (χ2v) is 18.8. The fraction of sp³-hybridized carbons (Fsp3) is 0.767. The van der Waals surface area contributed by atoms with E-state index in [9.17, 15) is 19.2 Å². The minimum atomic E-state index is -0.559. The predicted octanol–water partition coefficient (Wildman–Crippen LogP) is 8.60. The van der Waals surface area contributed by atoms with Crippen molar-refractivity contribution in [2.45, 2.75) is 169 Å². The standard InChI is InChI=1S/C24H34N2O4.C16H30N2O2.C2H6B.CH3BO.H2N2.H2O.H2/c1-23(2,3)30-22(29)26(4)17-9-11-24(12-10-17)14-16(15-24)13-20(27)18-7-5-6-8-19(18)21(25)28;1-15(2,3)20-14(19)18(4)13-5-7-16(8-6-13)9-12(10-16)11-17;1-3-2;1-2-3;1-2;;/h5-8,16-17H,9-15H2,1-4H3,(H2,25,28);12-13H,5-11,17H2,1-4H3;1-2H3;1H3;1-2H;1H2;1H. The normalized spacial score (nSPS) is 25.1. The SMILES string of the molecule is CB=O.CN(C(=O)OC(C)(C)C)C1CCC2(CC1)CC(CC(=O)c1ccccc1C(N)=O)C2.CN(C(=O)OC(C)(C)C)C1CCC2(CC1)CC(CN)C2.C[B]C.N=N.O.[HH]. The van der Waals surface area contributed by atoms with Gasteiger partial charge >= 0.3 is 30.9 Å². The molecule has 4 aliphatic rings. The third-order valence-corrected chi connectivity index (χ3v) is 11.7. The van der Waals surface area contributed by atoms with Crippen molar-refractivity contribution >= 4 is 38.3 Å². The molecule has 0 heterocycles. The van der Waals surface area contributed by atoms with E-state index >= 15 is 0 Å². The van der Waals surface area contributed by atoms with Crippen LogP contribution in [0.5, 0.6) is 0 Å². The Morgan fingerprint density at radius 1 is 0.746 bits per heavy atom. The van der Waals surface area contributed by atoms with Crippen LogP contribution >= 0.6 is 0 Å². The van der Waals surface area contributed by atoms with E-state index < -0.39 is 17.1 Å². The minimum Gasteiger partial charge on any atom is -0.444 e. The molecule has 1 aromatic carbocycles. The van der Waals surface area contributed by atoms with Gasteiger partial charge in [-0.25, -0.2) is 20.7 Å². The molecule has 4 fully saturated rings. The van der Waals surface area contributed by atoms with Crippen molar-refractivity contribution in [2.75, 3.05) is 20.6 Å². The van der Waals surface area contributed by atoms with Crippen LogP contribution in [-0.2, 0) is 14.2 Å². The first-order chi connectivity index (χ1) is 27.1. The Morgan fingerprint density at radius 3 is 1.37 bits per heavy atom. The van der Waals surface area contributed by atoms with Gasteiger partial charge in [0.05, 0.1) is 0 Å². The minimum absolute atomic E-state index is 0. The number of ether oxygens (including phenoxy) is 2. The van der Waals surface area contributed by atoms with Crippen molar-refractivity contribution < 1.29 is 40.3 Å². The number of nitrogens with two attached hydrogens (primary N) is 2. The summed E-state index contributed by atoms with van der Waals surface area (Å²) >= 11 is 0. The quantitative estimate of drug-likeness (QED) is 0.117. The van der Waals surface area contributed by atoms with Crippen LogP contribution in [0, 0.1) is 33.7 Å². The largest absolute Gasteiger partial charge is 0.444 e. The average molecular weight is 830 g/mol. The van der Waals surface area contributed by atoms with Crippen LogP contribution in [0.15, 0.2) is 24.3 Å². The summed E-state index contributed by atoms with van der Waals surface area (Å²) < 4.78 is 19.7. The molecule has 2 spiro atoms. The van der Waals surface area contributed by atoms with Crippen molar-refractivity contribution in [3.05, 3.63) is 35.4 Å². The van der Waals surface area contributed by atoms with Gasteiger partial charge in [0, 0.05) is 45.2 Å². The van der Waals surface area contributed by atoms with Crippen molar-refractivity contribution in [1.29, 1.82) is 11.1 Å². The molecule has 5 rings (SSSR count). The third kappa shape index (κ3) is 17.8. The average Bonchev–Trinajstić information content (AvgIpc) is 3.13. The Bertz CT molecular complexity index is 1460. The van der Waals surface area contributed by atoms with E-state index in [1.165, 1.54) is 32.5 Å². The Kier molecular flexibility index (Phi) is 23.6. The molecule has 8 N–H and O–H groups in total. The van der Waals surface area contributed by atoms with E-state index in [-0.39, 0.29) is 30.9 Å². The maximum Gasteiger partial charge on any atom is 0.410 e. The summed E-state index contributed by atoms with van der Waals surface area (Å²) in [4.78, 5) is 52.2. The van der Waals surface area contributed by atoms with Crippen LogP contribution in [0.4, 0.5) is 9.59 Å². The van der Waals surface area contributed by atoms with Gasteiger partial charge < -0.3 is 36.2 Å². The molecule has 0 atom stereocenters. The van der Waals surface area contributed by atoms with Crippen molar-refractivity contribution in [2.24, 2.45) is 34.1 Å². The monoisotopic (exact) mass is 830 g/mol. The van der Waals surface area contributed by atoms with Gasteiger partial charge in [0.1, 0.15) is 18.5 Å². The number of carbonyl (C=O) groups is 4. The summed E-state index contributed by atoms with van der Waals surface area (Å²) in [5, 5.41) is 0. The van der Waals surface area contributed by atoms with Gasteiger partial charge in [-0.2, -0.15) is 0 Å². The summed E-state index contributed by atoms with van der Waals surface area (Å²) in [5.74, 6) is 0.549. The number of Topliss-reactive ketones (excluding diaryl/α,β-unsaturated/α-hetero) is 1. The number of rotatable bonds is 7. The van der Waals surface area contributed by atoms with Gasteiger partial charge in [0.25, 0.3) is 0 Å². The Hall–Kier alpha value is -3.65. The molecule has 0 saturated heterocycles. The van der Waals surface area contributed by atoms with Crippen LogP contribution in [-0.4, -0.2) is 97.5 Å². The molecule has 0 aromatic heterocycles. The van der Waals surface area contributed by atoms with Crippen LogP contribution in [0.25, 0.3) is 0 Å². The number of primary amides is 1. The topological polar surface area (TPSA) is 242 Å². The van der Waals surface area contributed by atoms with Gasteiger partial charge in [-0.1, -0.05) is 31.8 Å². The third-order valence-electron chi connectivity index (χ3n) is 11.7. The number of ketones is 1. The molecule has 3 amide bonds. The van der Waals surface area contributed by atoms with E-state index in [0.29, 0.717) is 40.3 Å². The van der Waals surface area contributed by atoms with Crippen LogP contribution in [0.3, 0.4) is 0 Å². The second kappa shape index (κ2) is 25.2. The first-order valence-corrected chi connectivity index (χ1v) is 21.0. The fourth-order valence-electron chi connectivity index (χ4n) is 8.94. The van der Waals surface area contributed by atoms with Gasteiger partial charge in [-0.05, 0) is 154 Å². The molecule has 0 aliphatic heterocycles. The molecular weight excluding hydrogens is 750 g/mol. The number of carbonyl (C=O) groups excluding carboxylic acids is 4. The molecular formula is C43H79B2N6O8. The zero-order valence-electron chi connectivity index (χ0n) is 38.1. The second-order valence-electron chi connectivity index (χ2n) is 18.8. The van der Waals surface area contributed by atoms with E-state index in [2.05, 4.69) is 0 Å². The van der Waals surface area contributed by atoms with Crippen molar-refractivity contribution in [1.82, 2.24) is 9.80 Å². The Labute approximate surface area is 357 Å². The number of nitrogens with zero attached hydrogens (tertiary/aromatic N) is 2. The molecule has 0 bridgehead atoms. The molecule has 16 heteroatoms. The van der Waals surface area contributed by atoms with E-state index in [4.69, 9.17) is 36.7 Å². The molecule has 1 radical (unpaired) electrons. The fourth-order valence-corrected chi connectivity index (χ4v) is 8.94. The summed E-state index contributed by atoms with van der Waals surface area (Å²) in [5.41, 5.74) is 21.8. The number of nitrogens with one attached hydrogen (secondary N) is 2. The number of hydrogen-bond acceptors (Lipinski definition) is 10. The molecule has 335 valence electrons. The zero-order valence-corrected chi connectivity index (χ0v) is 38.1. The molecule has 14 nitrogen and oxygen atoms in total. The van der Waals surface area contributed by atoms with Crippen LogP contribution < -0.4 is 11.5 Å². The summed E-state index contributed by atoms with van der Waals surface area (Å²) in [6.45, 7) is 17.7. The van der Waals surface area contributed by atoms with Crippen molar-refractivity contribution in [3.8, 4) is 0 Å². The van der Waals surface area contributed by atoms with Gasteiger partial charge in [-0.3, -0.25) is 9.59 Å². The van der Waals surface area contributed by atoms with Gasteiger partial charge in [0.2, 0.25) is 5.91 Å². The molecule has 4 saturated carbocycles. The number of hydrogen-bond donors (Lipinski definition) is 4. The summed E-state index contributed by atoms with van der Waals surface area (Å²) in [7, 11) is 6.45. The van der Waals surface area contributed by atoms with Crippen LogP contribution in [0.2, 0.25) is 20.5 Å². The number of benzene rings is 1. The van der Waals surface area contributed by atoms with Gasteiger partial charge in [0.15, 0.2) is 5.78 Å². The van der Waals surface area contributed by atoms with Gasteiger partial charge in [-0.15, -0.1) is 0 Å². The summed E-state index contributed by atoms with van der Waals surface area (Å²) in [6, 6.07) is 7.35. The van der Waals surface area contributed by atoms with E-state index in [1.807, 2.05) is 76.6 Å². The molecule has 59 heavy (non-hydrogen) atoms. The maximum absolute atomic E-state index is 12.7. The Morgan fingerprint density at radius 2 is 1.07 bits per heavy atom. The van der Waals surface area contributed by atoms with E-state index in [0.717, 1.165) is 71.0 Å². The van der Waals surface area contributed by atoms with Crippen LogP contribution in [0.1, 0.15) is 147 Å². The predicted molar refractivity (Wildman–Crippen MR) is 237 cm³/mol. The van der Waals surface area contributed by atoms with E-state index in [1.54, 1.807) is 34.1 Å². The molecule has 0 unspecified atom stereocenters. The zero-order chi connectivity index (χ0) is 44.5. The van der Waals surface area contributed by atoms with Crippen molar-refractivity contribution in [3.63, 3.8) is 0 Å². The summed E-state index contributed by atoms with van der Waals surface area (Å²) in [6.07, 6.45) is 13.5.